The fourth-order valence-electron chi connectivity index (χ4n) is 4.39. The summed E-state index contributed by atoms with van der Waals surface area (Å²) in [6.45, 7) is 7.08. The molecule has 0 radical (unpaired) electrons. The van der Waals surface area contributed by atoms with Gasteiger partial charge in [-0.15, -0.1) is 0 Å². The van der Waals surface area contributed by atoms with Crippen LogP contribution in [0.1, 0.15) is 45.0 Å². The van der Waals surface area contributed by atoms with Crippen molar-refractivity contribution in [3.05, 3.63) is 35.5 Å². The van der Waals surface area contributed by atoms with E-state index in [-0.39, 0.29) is 6.61 Å². The number of hydrogen-bond donors (Lipinski definition) is 1. The van der Waals surface area contributed by atoms with Crippen molar-refractivity contribution in [3.8, 4) is 0 Å². The van der Waals surface area contributed by atoms with Crippen LogP contribution in [0.15, 0.2) is 24.4 Å². The minimum atomic E-state index is -1.04. The molecule has 5 atom stereocenters. The highest BCUT2D eigenvalue weighted by atomic mass is 16.9. The van der Waals surface area contributed by atoms with E-state index < -0.39 is 54.5 Å². The summed E-state index contributed by atoms with van der Waals surface area (Å²) in [5, 5.41) is 0.643. The van der Waals surface area contributed by atoms with Gasteiger partial charge in [-0.2, -0.15) is 0 Å². The van der Waals surface area contributed by atoms with E-state index in [4.69, 9.17) is 29.8 Å². The predicted molar refractivity (Wildman–Crippen MR) is 106 cm³/mol. The topological polar surface area (TPSA) is 105 Å². The molecule has 3 saturated heterocycles. The summed E-state index contributed by atoms with van der Waals surface area (Å²) in [6, 6.07) is 5.23. The molecule has 9 heteroatoms. The van der Waals surface area contributed by atoms with E-state index in [1.807, 2.05) is 0 Å². The van der Waals surface area contributed by atoms with Gasteiger partial charge < -0.3 is 33.4 Å². The summed E-state index contributed by atoms with van der Waals surface area (Å²) in [5.74, 6) is -2.38. The monoisotopic (exact) mass is 432 g/mol. The summed E-state index contributed by atoms with van der Waals surface area (Å²) in [6.07, 6.45) is -2.86. The molecule has 0 bridgehead atoms. The minimum Gasteiger partial charge on any atom is -0.459 e. The molecule has 0 amide bonds. The molecule has 1 aromatic carbocycles. The zero-order chi connectivity index (χ0) is 22.8. The van der Waals surface area contributed by atoms with Gasteiger partial charge in [0.05, 0.1) is 0 Å². The van der Waals surface area contributed by atoms with E-state index in [1.54, 1.807) is 45.9 Å². The molecule has 5 rings (SSSR count). The minimum absolute atomic E-state index is 0.00358. The van der Waals surface area contributed by atoms with Crippen LogP contribution < -0.4 is 0 Å². The Bertz CT molecular complexity index is 1080. The van der Waals surface area contributed by atoms with Crippen LogP contribution in [0, 0.1) is 0 Å². The molecule has 166 valence electrons. The number of aldehydes is 1. The number of rotatable bonds is 4. The zero-order valence-corrected chi connectivity index (χ0v) is 17.7. The first-order chi connectivity index (χ1) is 15.0. The summed E-state index contributed by atoms with van der Waals surface area (Å²) >= 11 is 0. The molecule has 0 aliphatic carbocycles. The van der Waals surface area contributed by atoms with Crippen molar-refractivity contribution < 1.29 is 39.4 Å². The van der Waals surface area contributed by atoms with Gasteiger partial charge in [0, 0.05) is 22.7 Å². The van der Waals surface area contributed by atoms with Gasteiger partial charge in [0.1, 0.15) is 26.3 Å². The SMILES string of the molecule is [2H]C(=O)c1c[nH]c2cc(COC(=O)[C@H]3O[C@@H]4OC(C)(C)O[C@@H]4[C@H]4OC(C)(C)O[C@H]43)ccc12. The second-order valence-electron chi connectivity index (χ2n) is 8.88. The standard InChI is InChI=1S/C22H25NO8/c1-21(2)28-15-16(29-21)18-20(31-22(3,4)30-18)27-17(15)19(25)26-10-11-5-6-13-12(9-24)8-23-14(13)7-11/h5-9,15-18,20,23H,10H2,1-4H3/t15-,16+,17+,18-,20-/m1/s1/i9D. The second-order valence-corrected chi connectivity index (χ2v) is 8.88. The number of carbonyl (C=O) groups is 2. The normalized spacial score (nSPS) is 33.5. The van der Waals surface area contributed by atoms with Crippen LogP contribution in [0.4, 0.5) is 0 Å². The fourth-order valence-corrected chi connectivity index (χ4v) is 4.39. The molecular weight excluding hydrogens is 406 g/mol. The van der Waals surface area contributed by atoms with E-state index in [9.17, 15) is 9.59 Å². The van der Waals surface area contributed by atoms with Crippen LogP contribution in [0.5, 0.6) is 0 Å². The Morgan fingerprint density at radius 3 is 2.61 bits per heavy atom. The molecule has 1 aromatic heterocycles. The third-order valence-corrected chi connectivity index (χ3v) is 5.62. The Kier molecular flexibility index (Phi) is 4.45. The van der Waals surface area contributed by atoms with Gasteiger partial charge in [-0.25, -0.2) is 4.79 Å². The highest BCUT2D eigenvalue weighted by molar-refractivity contribution is 5.97. The van der Waals surface area contributed by atoms with E-state index in [2.05, 4.69) is 4.98 Å². The molecule has 2 aromatic rings. The van der Waals surface area contributed by atoms with Gasteiger partial charge in [-0.05, 0) is 39.3 Å². The maximum absolute atomic E-state index is 13.0. The van der Waals surface area contributed by atoms with Crippen LogP contribution in [-0.4, -0.2) is 59.5 Å². The van der Waals surface area contributed by atoms with Crippen LogP contribution in [-0.2, 0) is 39.8 Å². The number of benzene rings is 1. The first-order valence-electron chi connectivity index (χ1n) is 10.7. The Balaban J connectivity index is 1.31. The molecule has 3 fully saturated rings. The van der Waals surface area contributed by atoms with Crippen LogP contribution in [0.25, 0.3) is 10.9 Å². The highest BCUT2D eigenvalue weighted by Gasteiger charge is 2.62. The van der Waals surface area contributed by atoms with Crippen molar-refractivity contribution in [1.82, 2.24) is 4.98 Å². The van der Waals surface area contributed by atoms with Gasteiger partial charge in [-0.3, -0.25) is 4.79 Å². The Morgan fingerprint density at radius 2 is 1.84 bits per heavy atom. The van der Waals surface area contributed by atoms with Crippen LogP contribution in [0.2, 0.25) is 0 Å². The summed E-state index contributed by atoms with van der Waals surface area (Å²) in [7, 11) is 0. The quantitative estimate of drug-likeness (QED) is 0.580. The fraction of sp³-hybridized carbons (Fsp3) is 0.545. The van der Waals surface area contributed by atoms with Gasteiger partial charge in [0.25, 0.3) is 0 Å². The molecule has 1 N–H and O–H groups in total. The molecule has 3 aliphatic heterocycles. The lowest BCUT2D eigenvalue weighted by Crippen LogP contribution is -2.57. The molecule has 0 unspecified atom stereocenters. The molecule has 3 aliphatic rings. The van der Waals surface area contributed by atoms with Crippen LogP contribution in [0.3, 0.4) is 0 Å². The number of fused-ring (bicyclic) bond motifs is 4. The summed E-state index contributed by atoms with van der Waals surface area (Å²) in [4.78, 5) is 27.3. The van der Waals surface area contributed by atoms with E-state index in [1.165, 1.54) is 6.20 Å². The molecule has 9 nitrogen and oxygen atoms in total. The van der Waals surface area contributed by atoms with Crippen LogP contribution >= 0.6 is 0 Å². The van der Waals surface area contributed by atoms with Gasteiger partial charge in [0.2, 0.25) is 0 Å². The van der Waals surface area contributed by atoms with Gasteiger partial charge in [-0.1, -0.05) is 12.1 Å². The lowest BCUT2D eigenvalue weighted by atomic mass is 9.99. The van der Waals surface area contributed by atoms with E-state index >= 15 is 0 Å². The predicted octanol–water partition coefficient (Wildman–Crippen LogP) is 2.42. The average molecular weight is 432 g/mol. The smallest absolute Gasteiger partial charge is 0.338 e. The lowest BCUT2D eigenvalue weighted by molar-refractivity contribution is -0.240. The number of ether oxygens (including phenoxy) is 6. The number of carbonyl (C=O) groups excluding carboxylic acids is 2. The number of H-pyrrole nitrogens is 1. The molecule has 0 saturated carbocycles. The van der Waals surface area contributed by atoms with E-state index in [0.29, 0.717) is 22.0 Å². The summed E-state index contributed by atoms with van der Waals surface area (Å²) in [5.41, 5.74) is 1.69. The van der Waals surface area contributed by atoms with Crippen molar-refractivity contribution in [2.45, 2.75) is 76.6 Å². The van der Waals surface area contributed by atoms with Crippen molar-refractivity contribution >= 4 is 23.1 Å². The lowest BCUT2D eigenvalue weighted by Gasteiger charge is -2.35. The van der Waals surface area contributed by atoms with Crippen molar-refractivity contribution in [1.29, 1.82) is 0 Å². The largest absolute Gasteiger partial charge is 0.459 e. The zero-order valence-electron chi connectivity index (χ0n) is 18.7. The number of aromatic amines is 1. The molecule has 0 spiro atoms. The Hall–Kier alpha value is -2.30. The third kappa shape index (κ3) is 3.66. The number of esters is 1. The maximum atomic E-state index is 13.0. The Morgan fingerprint density at radius 1 is 1.13 bits per heavy atom. The second kappa shape index (κ2) is 7.11. The van der Waals surface area contributed by atoms with Gasteiger partial charge >= 0.3 is 5.97 Å². The molecule has 31 heavy (non-hydrogen) atoms. The first-order valence-corrected chi connectivity index (χ1v) is 10.2. The number of nitrogens with one attached hydrogen (secondary N) is 1. The van der Waals surface area contributed by atoms with E-state index in [0.717, 1.165) is 0 Å². The first kappa shape index (κ1) is 19.4. The van der Waals surface area contributed by atoms with Crippen molar-refractivity contribution in [2.75, 3.05) is 0 Å². The number of hydrogen-bond acceptors (Lipinski definition) is 8. The average Bonchev–Trinajstić information content (AvgIpc) is 3.35. The van der Waals surface area contributed by atoms with Crippen molar-refractivity contribution in [3.63, 3.8) is 0 Å². The highest BCUT2D eigenvalue weighted by Crippen LogP contribution is 2.44. The maximum Gasteiger partial charge on any atom is 0.338 e. The third-order valence-electron chi connectivity index (χ3n) is 5.62. The molecular formula is C22H25NO8. The van der Waals surface area contributed by atoms with Crippen molar-refractivity contribution in [2.24, 2.45) is 0 Å². The van der Waals surface area contributed by atoms with Gasteiger partial charge in [0.15, 0.2) is 30.2 Å². The molecule has 4 heterocycles. The summed E-state index contributed by atoms with van der Waals surface area (Å²) < 4.78 is 42.5. The number of aromatic nitrogens is 1. The Labute approximate surface area is 180 Å².